The van der Waals surface area contributed by atoms with Gasteiger partial charge in [0.2, 0.25) is 5.95 Å². The van der Waals surface area contributed by atoms with Gasteiger partial charge in [0.15, 0.2) is 0 Å². The van der Waals surface area contributed by atoms with E-state index in [9.17, 15) is 18.0 Å². The highest BCUT2D eigenvalue weighted by atomic mass is 35.5. The van der Waals surface area contributed by atoms with E-state index in [2.05, 4.69) is 15.3 Å². The van der Waals surface area contributed by atoms with Crippen LogP contribution in [0.2, 0.25) is 5.15 Å². The highest BCUT2D eigenvalue weighted by Crippen LogP contribution is 2.36. The van der Waals surface area contributed by atoms with Gasteiger partial charge >= 0.3 is 12.3 Å². The van der Waals surface area contributed by atoms with Crippen LogP contribution in [0.15, 0.2) is 18.3 Å². The van der Waals surface area contributed by atoms with Crippen molar-refractivity contribution in [2.75, 3.05) is 18.4 Å². The second kappa shape index (κ2) is 9.37. The van der Waals surface area contributed by atoms with Crippen LogP contribution in [0.25, 0.3) is 0 Å². The van der Waals surface area contributed by atoms with Crippen LogP contribution in [0.5, 0.6) is 0 Å². The quantitative estimate of drug-likeness (QED) is 0.495. The number of ether oxygens (including phenoxy) is 1. The van der Waals surface area contributed by atoms with Crippen molar-refractivity contribution >= 4 is 29.3 Å². The molecule has 6 nitrogen and oxygen atoms in total. The molecule has 1 saturated heterocycles. The second-order valence-electron chi connectivity index (χ2n) is 9.24. The summed E-state index contributed by atoms with van der Waals surface area (Å²) in [4.78, 5) is 21.8. The van der Waals surface area contributed by atoms with E-state index in [0.29, 0.717) is 25.0 Å². The zero-order valence-corrected chi connectivity index (χ0v) is 20.1. The molecule has 0 aliphatic carbocycles. The third-order valence-electron chi connectivity index (χ3n) is 5.64. The lowest BCUT2D eigenvalue weighted by atomic mass is 9.86. The maximum Gasteiger partial charge on any atom is 0.420 e. The van der Waals surface area contributed by atoms with Gasteiger partial charge in [0.1, 0.15) is 16.3 Å². The first-order valence-electron chi connectivity index (χ1n) is 10.7. The van der Waals surface area contributed by atoms with Gasteiger partial charge in [0.05, 0.1) is 0 Å². The number of alkyl halides is 3. The number of hydrogen-bond acceptors (Lipinski definition) is 5. The van der Waals surface area contributed by atoms with Crippen LogP contribution in [-0.2, 0) is 10.9 Å². The molecule has 0 bridgehead atoms. The molecule has 1 fully saturated rings. The molecule has 1 N–H and O–H groups in total. The summed E-state index contributed by atoms with van der Waals surface area (Å²) < 4.78 is 44.2. The molecule has 1 amide bonds. The van der Waals surface area contributed by atoms with Gasteiger partial charge in [-0.1, -0.05) is 17.7 Å². The van der Waals surface area contributed by atoms with Crippen molar-refractivity contribution in [1.82, 2.24) is 14.9 Å². The molecule has 0 radical (unpaired) electrons. The number of aromatic nitrogens is 2. The van der Waals surface area contributed by atoms with Crippen molar-refractivity contribution in [2.24, 2.45) is 0 Å². The Morgan fingerprint density at radius 1 is 1.21 bits per heavy atom. The Morgan fingerprint density at radius 2 is 1.91 bits per heavy atom. The maximum atomic E-state index is 12.9. The molecule has 2 aromatic rings. The number of hydrogen-bond donors (Lipinski definition) is 1. The summed E-state index contributed by atoms with van der Waals surface area (Å²) in [5.74, 6) is 0.146. The fourth-order valence-electron chi connectivity index (χ4n) is 3.87. The summed E-state index contributed by atoms with van der Waals surface area (Å²) in [5, 5.41) is 2.30. The molecule has 0 spiro atoms. The highest BCUT2D eigenvalue weighted by molar-refractivity contribution is 6.30. The van der Waals surface area contributed by atoms with Gasteiger partial charge in [0, 0.05) is 30.9 Å². The first-order valence-corrected chi connectivity index (χ1v) is 11.1. The van der Waals surface area contributed by atoms with Crippen molar-refractivity contribution in [3.63, 3.8) is 0 Å². The largest absolute Gasteiger partial charge is 0.444 e. The lowest BCUT2D eigenvalue weighted by Gasteiger charge is -2.35. The number of nitrogens with one attached hydrogen (secondary N) is 1. The normalized spacial score (nSPS) is 17.1. The summed E-state index contributed by atoms with van der Waals surface area (Å²) in [6.45, 7) is 10.7. The second-order valence-corrected chi connectivity index (χ2v) is 9.60. The van der Waals surface area contributed by atoms with Crippen LogP contribution < -0.4 is 5.32 Å². The molecule has 1 aromatic carbocycles. The van der Waals surface area contributed by atoms with Gasteiger partial charge in [-0.3, -0.25) is 0 Å². The number of carbonyl (C=O) groups excluding carboxylic acids is 1. The zero-order valence-electron chi connectivity index (χ0n) is 19.3. The Hall–Kier alpha value is -2.55. The zero-order chi connectivity index (χ0) is 24.6. The average Bonchev–Trinajstić information content (AvgIpc) is 2.69. The monoisotopic (exact) mass is 484 g/mol. The minimum absolute atomic E-state index is 0.0167. The Bertz CT molecular complexity index is 1040. The number of carbonyl (C=O) groups is 1. The molecule has 180 valence electrons. The van der Waals surface area contributed by atoms with Gasteiger partial charge in [0.25, 0.3) is 0 Å². The van der Waals surface area contributed by atoms with Gasteiger partial charge in [-0.2, -0.15) is 13.2 Å². The van der Waals surface area contributed by atoms with E-state index >= 15 is 0 Å². The number of halogens is 4. The summed E-state index contributed by atoms with van der Waals surface area (Å²) >= 11 is 5.70. The van der Waals surface area contributed by atoms with E-state index in [-0.39, 0.29) is 18.0 Å². The molecular weight excluding hydrogens is 457 g/mol. The Morgan fingerprint density at radius 3 is 2.52 bits per heavy atom. The fourth-order valence-corrected chi connectivity index (χ4v) is 4.11. The lowest BCUT2D eigenvalue weighted by molar-refractivity contribution is -0.137. The third-order valence-corrected chi connectivity index (χ3v) is 5.92. The van der Waals surface area contributed by atoms with Gasteiger partial charge < -0.3 is 15.0 Å². The summed E-state index contributed by atoms with van der Waals surface area (Å²) in [6, 6.07) is 3.82. The lowest BCUT2D eigenvalue weighted by Crippen LogP contribution is -2.42. The number of anilines is 2. The first kappa shape index (κ1) is 25.1. The highest BCUT2D eigenvalue weighted by Gasteiger charge is 2.35. The fraction of sp³-hybridized carbons (Fsp3) is 0.522. The molecule has 3 rings (SSSR count). The Kier molecular flexibility index (Phi) is 7.12. The van der Waals surface area contributed by atoms with E-state index in [1.807, 2.05) is 46.8 Å². The number of piperidine rings is 1. The van der Waals surface area contributed by atoms with Crippen LogP contribution in [-0.4, -0.2) is 39.7 Å². The predicted molar refractivity (Wildman–Crippen MR) is 121 cm³/mol. The third kappa shape index (κ3) is 6.07. The molecular formula is C23H28ClF3N4O2. The van der Waals surface area contributed by atoms with Crippen molar-refractivity contribution < 1.29 is 22.7 Å². The van der Waals surface area contributed by atoms with E-state index in [4.69, 9.17) is 16.3 Å². The summed E-state index contributed by atoms with van der Waals surface area (Å²) in [6.07, 6.45) is -2.43. The van der Waals surface area contributed by atoms with E-state index in [0.717, 1.165) is 29.5 Å². The topological polar surface area (TPSA) is 67.4 Å². The van der Waals surface area contributed by atoms with E-state index < -0.39 is 22.5 Å². The van der Waals surface area contributed by atoms with Crippen LogP contribution in [0.4, 0.5) is 29.6 Å². The molecule has 0 saturated carbocycles. The van der Waals surface area contributed by atoms with Crippen molar-refractivity contribution in [2.45, 2.75) is 65.2 Å². The standard InChI is InChI=1S/C23H28ClF3N4O2/c1-13-14(2)18(29-20-28-11-17(19(24)30-20)23(25,26)27)9-8-16(13)15-7-6-10-31(12-15)21(32)33-22(3,4)5/h8-9,11,15H,6-7,10,12H2,1-5H3,(H,28,29,30). The Balaban J connectivity index is 1.78. The Labute approximate surface area is 196 Å². The van der Waals surface area contributed by atoms with E-state index in [1.165, 1.54) is 0 Å². The molecule has 1 atom stereocenters. The first-order chi connectivity index (χ1) is 15.3. The SMILES string of the molecule is Cc1c(Nc2ncc(C(F)(F)F)c(Cl)n2)ccc(C2CCCN(C(=O)OC(C)(C)C)C2)c1C. The van der Waals surface area contributed by atoms with Crippen molar-refractivity contribution in [3.8, 4) is 0 Å². The smallest absolute Gasteiger partial charge is 0.420 e. The van der Waals surface area contributed by atoms with Crippen LogP contribution in [0.3, 0.4) is 0 Å². The van der Waals surface area contributed by atoms with Crippen LogP contribution >= 0.6 is 11.6 Å². The van der Waals surface area contributed by atoms with Gasteiger partial charge in [-0.15, -0.1) is 0 Å². The van der Waals surface area contributed by atoms with Crippen molar-refractivity contribution in [1.29, 1.82) is 0 Å². The van der Waals surface area contributed by atoms with Gasteiger partial charge in [-0.25, -0.2) is 14.8 Å². The molecule has 1 aromatic heterocycles. The molecule has 33 heavy (non-hydrogen) atoms. The molecule has 1 unspecified atom stereocenters. The number of rotatable bonds is 3. The minimum atomic E-state index is -4.61. The van der Waals surface area contributed by atoms with Crippen LogP contribution in [0.1, 0.15) is 61.8 Å². The molecule has 2 heterocycles. The summed E-state index contributed by atoms with van der Waals surface area (Å²) in [5.41, 5.74) is 2.12. The number of likely N-dealkylation sites (tertiary alicyclic amines) is 1. The van der Waals surface area contributed by atoms with Gasteiger partial charge in [-0.05, 0) is 70.2 Å². The number of amides is 1. The minimum Gasteiger partial charge on any atom is -0.444 e. The molecule has 1 aliphatic heterocycles. The number of nitrogens with zero attached hydrogens (tertiary/aromatic N) is 3. The maximum absolute atomic E-state index is 12.9. The number of benzene rings is 1. The molecule has 10 heteroatoms. The predicted octanol–water partition coefficient (Wildman–Crippen LogP) is 6.62. The molecule has 1 aliphatic rings. The van der Waals surface area contributed by atoms with E-state index in [1.54, 1.807) is 4.90 Å². The van der Waals surface area contributed by atoms with Crippen LogP contribution in [0, 0.1) is 13.8 Å². The average molecular weight is 485 g/mol. The van der Waals surface area contributed by atoms with Crippen molar-refractivity contribution in [3.05, 3.63) is 45.7 Å². The summed E-state index contributed by atoms with van der Waals surface area (Å²) in [7, 11) is 0.